The molecule has 0 saturated heterocycles. The van der Waals surface area contributed by atoms with E-state index in [2.05, 4.69) is 10.2 Å². The Morgan fingerprint density at radius 1 is 1.09 bits per heavy atom. The minimum absolute atomic E-state index is 0. The summed E-state index contributed by atoms with van der Waals surface area (Å²) in [7, 11) is 0. The first-order chi connectivity index (χ1) is 9.97. The van der Waals surface area contributed by atoms with Gasteiger partial charge in [-0.1, -0.05) is 6.07 Å². The Labute approximate surface area is 138 Å². The molecule has 0 aliphatic heterocycles. The Morgan fingerprint density at radius 3 is 2.27 bits per heavy atom. The van der Waals surface area contributed by atoms with E-state index < -0.39 is 16.6 Å². The van der Waals surface area contributed by atoms with Gasteiger partial charge in [0, 0.05) is 18.2 Å². The van der Waals surface area contributed by atoms with Gasteiger partial charge in [-0.15, -0.1) is 0 Å². The first-order valence-electron chi connectivity index (χ1n) is 5.70. The van der Waals surface area contributed by atoms with Gasteiger partial charge in [0.2, 0.25) is 0 Å². The Morgan fingerprint density at radius 2 is 1.73 bits per heavy atom. The maximum Gasteiger partial charge on any atom is 2.00 e. The second-order valence-corrected chi connectivity index (χ2v) is 3.98. The number of hydrogen-bond acceptors (Lipinski definition) is 6. The number of azo groups is 1. The zero-order chi connectivity index (χ0) is 15.4. The van der Waals surface area contributed by atoms with E-state index in [9.17, 15) is 20.0 Å². The van der Waals surface area contributed by atoms with Crippen molar-refractivity contribution in [3.05, 3.63) is 58.1 Å². The first-order valence-corrected chi connectivity index (χ1v) is 5.70. The van der Waals surface area contributed by atoms with E-state index in [0.717, 1.165) is 6.07 Å². The van der Waals surface area contributed by atoms with Crippen LogP contribution in [0.25, 0.3) is 0 Å². The number of hydrogen-bond donors (Lipinski definition) is 2. The van der Waals surface area contributed by atoms with Gasteiger partial charge in [-0.3, -0.25) is 10.1 Å². The second kappa shape index (κ2) is 7.42. The zero-order valence-electron chi connectivity index (χ0n) is 10.8. The molecule has 8 nitrogen and oxygen atoms in total. The van der Waals surface area contributed by atoms with Crippen LogP contribution in [0.3, 0.4) is 0 Å². The van der Waals surface area contributed by atoms with Crippen molar-refractivity contribution in [2.75, 3.05) is 0 Å². The van der Waals surface area contributed by atoms with E-state index >= 15 is 0 Å². The maximum atomic E-state index is 10.7. The van der Waals surface area contributed by atoms with Crippen LogP contribution >= 0.6 is 0 Å². The molecule has 9 heteroatoms. The molecule has 2 aromatic carbocycles. The summed E-state index contributed by atoms with van der Waals surface area (Å²) in [6.45, 7) is 0. The topological polar surface area (TPSA) is 125 Å². The summed E-state index contributed by atoms with van der Waals surface area (Å²) in [5.74, 6) is -1.69. The predicted octanol–water partition coefficient (Wildman–Crippen LogP) is 3.41. The number of nitro groups is 1. The van der Waals surface area contributed by atoms with Crippen LogP contribution in [-0.4, -0.2) is 21.1 Å². The van der Waals surface area contributed by atoms with E-state index in [1.165, 1.54) is 36.4 Å². The molecule has 0 amide bonds. The van der Waals surface area contributed by atoms with Crippen molar-refractivity contribution in [3.8, 4) is 5.75 Å². The molecule has 0 bridgehead atoms. The molecule has 0 unspecified atom stereocenters. The molecule has 2 rings (SSSR count). The van der Waals surface area contributed by atoms with Gasteiger partial charge in [-0.2, -0.15) is 10.2 Å². The molecule has 0 aliphatic carbocycles. The third-order valence-electron chi connectivity index (χ3n) is 2.53. The number of aromatic hydroxyl groups is 1. The van der Waals surface area contributed by atoms with Gasteiger partial charge >= 0.3 is 27.0 Å². The quantitative estimate of drug-likeness (QED) is 0.393. The zero-order valence-corrected chi connectivity index (χ0v) is 13.1. The van der Waals surface area contributed by atoms with E-state index in [-0.39, 0.29) is 43.7 Å². The molecule has 22 heavy (non-hydrogen) atoms. The molecule has 0 atom stereocenters. The fourth-order valence-electron chi connectivity index (χ4n) is 1.55. The predicted molar refractivity (Wildman–Crippen MR) is 72.3 cm³/mol. The van der Waals surface area contributed by atoms with Crippen LogP contribution in [0, 0.1) is 10.1 Å². The van der Waals surface area contributed by atoms with Gasteiger partial charge in [0.25, 0.3) is 5.69 Å². The number of nitrogens with zero attached hydrogens (tertiary/aromatic N) is 3. The molecule has 0 aromatic heterocycles. The second-order valence-electron chi connectivity index (χ2n) is 3.98. The van der Waals surface area contributed by atoms with Crippen LogP contribution in [-0.2, 0) is 21.1 Å². The minimum Gasteiger partial charge on any atom is -0.507 e. The van der Waals surface area contributed by atoms with Crippen LogP contribution in [0.5, 0.6) is 5.75 Å². The van der Waals surface area contributed by atoms with E-state index in [4.69, 9.17) is 5.11 Å². The standard InChI is InChI=1S/C13H9N3O5.Pt/c17-12-7-9(4-5-11(12)13(18)19)15-14-8-2-1-3-10(6-8)16(20)21;/h1-7,17H,(H,18,19);/q;+2. The van der Waals surface area contributed by atoms with E-state index in [0.29, 0.717) is 0 Å². The number of rotatable bonds is 4. The monoisotopic (exact) mass is 482 g/mol. The van der Waals surface area contributed by atoms with E-state index in [1.54, 1.807) is 0 Å². The van der Waals surface area contributed by atoms with Gasteiger partial charge in [-0.05, 0) is 18.2 Å². The Bertz CT molecular complexity index is 748. The normalized spacial score (nSPS) is 10.2. The number of benzene rings is 2. The molecular weight excluding hydrogens is 473 g/mol. The number of phenols is 1. The van der Waals surface area contributed by atoms with Crippen molar-refractivity contribution in [3.63, 3.8) is 0 Å². The first kappa shape index (κ1) is 17.4. The average molecular weight is 482 g/mol. The fraction of sp³-hybridized carbons (Fsp3) is 0. The SMILES string of the molecule is O=C(O)c1ccc(N=Nc2cccc([N+](=O)[O-])c2)cc1O.[Pt+2]. The van der Waals surface area contributed by atoms with Gasteiger partial charge in [0.05, 0.1) is 16.3 Å². The van der Waals surface area contributed by atoms with Gasteiger partial charge in [-0.25, -0.2) is 4.79 Å². The van der Waals surface area contributed by atoms with Crippen molar-refractivity contribution in [1.29, 1.82) is 0 Å². The van der Waals surface area contributed by atoms with Crippen molar-refractivity contribution in [2.45, 2.75) is 0 Å². The van der Waals surface area contributed by atoms with Gasteiger partial charge in [0.15, 0.2) is 0 Å². The largest absolute Gasteiger partial charge is 2.00 e. The van der Waals surface area contributed by atoms with Crippen molar-refractivity contribution >= 4 is 23.0 Å². The summed E-state index contributed by atoms with van der Waals surface area (Å²) < 4.78 is 0. The van der Waals surface area contributed by atoms with E-state index in [1.807, 2.05) is 0 Å². The van der Waals surface area contributed by atoms with Crippen LogP contribution in [0.2, 0.25) is 0 Å². The van der Waals surface area contributed by atoms with Crippen LogP contribution in [0.15, 0.2) is 52.7 Å². The summed E-state index contributed by atoms with van der Waals surface area (Å²) >= 11 is 0. The molecule has 2 aromatic rings. The third kappa shape index (κ3) is 4.19. The molecule has 0 spiro atoms. The Hall–Kier alpha value is -2.60. The molecule has 0 saturated carbocycles. The number of nitro benzene ring substituents is 1. The van der Waals surface area contributed by atoms with Crippen LogP contribution in [0.4, 0.5) is 17.1 Å². The molecule has 0 aliphatic rings. The molecule has 0 radical (unpaired) electrons. The number of non-ortho nitro benzene ring substituents is 1. The van der Waals surface area contributed by atoms with Crippen molar-refractivity contribution < 1.29 is 41.0 Å². The van der Waals surface area contributed by atoms with Crippen LogP contribution in [0.1, 0.15) is 10.4 Å². The number of carbonyl (C=O) groups is 1. The number of aromatic carboxylic acids is 1. The molecule has 0 fully saturated rings. The summed E-state index contributed by atoms with van der Waals surface area (Å²) in [5.41, 5.74) is 0.134. The molecular formula is C13H9N3O5Pt+2. The smallest absolute Gasteiger partial charge is 0.507 e. The third-order valence-corrected chi connectivity index (χ3v) is 2.53. The Balaban J connectivity index is 0.00000242. The molecule has 0 heterocycles. The maximum absolute atomic E-state index is 10.7. The van der Waals surface area contributed by atoms with Crippen molar-refractivity contribution in [2.24, 2.45) is 10.2 Å². The van der Waals surface area contributed by atoms with Crippen LogP contribution < -0.4 is 0 Å². The Kier molecular flexibility index (Phi) is 5.88. The number of carboxylic acid groups (broad SMARTS) is 1. The average Bonchev–Trinajstić information content (AvgIpc) is 2.45. The fourth-order valence-corrected chi connectivity index (χ4v) is 1.55. The van der Waals surface area contributed by atoms with Gasteiger partial charge < -0.3 is 10.2 Å². The minimum atomic E-state index is -1.25. The van der Waals surface area contributed by atoms with Gasteiger partial charge in [0.1, 0.15) is 11.3 Å². The summed E-state index contributed by atoms with van der Waals surface area (Å²) in [4.78, 5) is 20.8. The summed E-state index contributed by atoms with van der Waals surface area (Å²) in [6.07, 6.45) is 0. The summed E-state index contributed by atoms with van der Waals surface area (Å²) in [6, 6.07) is 9.27. The summed E-state index contributed by atoms with van der Waals surface area (Å²) in [5, 5.41) is 36.5. The molecule has 114 valence electrons. The number of carboxylic acids is 1. The van der Waals surface area contributed by atoms with Crippen molar-refractivity contribution in [1.82, 2.24) is 0 Å². The molecule has 2 N–H and O–H groups in total.